The van der Waals surface area contributed by atoms with Gasteiger partial charge in [0.05, 0.1) is 6.54 Å². The van der Waals surface area contributed by atoms with Gasteiger partial charge < -0.3 is 33.2 Å². The smallest absolute Gasteiger partial charge is 0.314 e. The van der Waals surface area contributed by atoms with E-state index in [2.05, 4.69) is 22.9 Å². The van der Waals surface area contributed by atoms with Gasteiger partial charge in [0, 0.05) is 0 Å². The predicted molar refractivity (Wildman–Crippen MR) is 111 cm³/mol. The predicted octanol–water partition coefficient (Wildman–Crippen LogP) is 2.24. The van der Waals surface area contributed by atoms with E-state index < -0.39 is 23.5 Å². The van der Waals surface area contributed by atoms with Gasteiger partial charge >= 0.3 is 18.1 Å². The molecule has 0 saturated carbocycles. The molecule has 0 bridgehead atoms. The molecule has 10 heteroatoms. The SMILES string of the molecule is CCCCCCCCCCCCPC(CNC(N)=O)(NC(N)=O)NC(N)=O. The molecule has 0 aromatic heterocycles. The normalized spacial score (nSPS) is 11.4. The van der Waals surface area contributed by atoms with Crippen molar-refractivity contribution in [3.05, 3.63) is 0 Å². The summed E-state index contributed by atoms with van der Waals surface area (Å²) in [5, 5.41) is 6.15. The maximum absolute atomic E-state index is 11.3. The van der Waals surface area contributed by atoms with Crippen molar-refractivity contribution in [3.8, 4) is 0 Å². The Morgan fingerprint density at radius 2 is 1.19 bits per heavy atom. The zero-order chi connectivity index (χ0) is 20.5. The zero-order valence-electron chi connectivity index (χ0n) is 16.4. The highest BCUT2D eigenvalue weighted by atomic mass is 31.1. The Balaban J connectivity index is 4.21. The van der Waals surface area contributed by atoms with Gasteiger partial charge in [-0.15, -0.1) is 0 Å². The van der Waals surface area contributed by atoms with E-state index in [9.17, 15) is 14.4 Å². The molecule has 0 aromatic rings. The van der Waals surface area contributed by atoms with Gasteiger partial charge in [-0.2, -0.15) is 0 Å². The third-order valence-electron chi connectivity index (χ3n) is 4.16. The number of rotatable bonds is 16. The average Bonchev–Trinajstić information content (AvgIpc) is 2.57. The van der Waals surface area contributed by atoms with Crippen LogP contribution < -0.4 is 33.2 Å². The molecule has 0 aromatic carbocycles. The molecule has 9 nitrogen and oxygen atoms in total. The van der Waals surface area contributed by atoms with Gasteiger partial charge in [0.1, 0.15) is 5.40 Å². The standard InChI is InChI=1S/C17H37N6O3P/c1-2-3-4-5-6-7-8-9-10-11-12-27-17(22-15(19)25,23-16(20)26)13-21-14(18)24/h27H,2-13H2,1H3,(H3,18,21,24)(H3,19,22,25)(H3,20,23,26). The van der Waals surface area contributed by atoms with E-state index in [1.54, 1.807) is 0 Å². The Kier molecular flexibility index (Phi) is 14.3. The minimum Gasteiger partial charge on any atom is -0.352 e. The van der Waals surface area contributed by atoms with Crippen molar-refractivity contribution in [2.24, 2.45) is 17.2 Å². The quantitative estimate of drug-likeness (QED) is 0.132. The van der Waals surface area contributed by atoms with Gasteiger partial charge in [0.25, 0.3) is 0 Å². The molecule has 158 valence electrons. The maximum atomic E-state index is 11.3. The minimum atomic E-state index is -1.22. The van der Waals surface area contributed by atoms with Crippen LogP contribution in [0.4, 0.5) is 14.4 Å². The molecule has 0 rings (SSSR count). The van der Waals surface area contributed by atoms with Crippen molar-refractivity contribution >= 4 is 26.7 Å². The first-order valence-electron chi connectivity index (χ1n) is 9.75. The zero-order valence-corrected chi connectivity index (χ0v) is 17.4. The molecular formula is C17H37N6O3P. The average molecular weight is 404 g/mol. The molecule has 27 heavy (non-hydrogen) atoms. The van der Waals surface area contributed by atoms with Crippen molar-refractivity contribution in [1.82, 2.24) is 16.0 Å². The van der Waals surface area contributed by atoms with E-state index in [0.29, 0.717) is 0 Å². The molecule has 1 unspecified atom stereocenters. The summed E-state index contributed by atoms with van der Waals surface area (Å²) in [7, 11) is 0.0965. The number of urea groups is 3. The minimum absolute atomic E-state index is 0.0790. The Bertz CT molecular complexity index is 434. The molecule has 0 aliphatic heterocycles. The third-order valence-corrected chi connectivity index (χ3v) is 5.79. The summed E-state index contributed by atoms with van der Waals surface area (Å²) in [4.78, 5) is 33.6. The van der Waals surface area contributed by atoms with Crippen LogP contribution in [0.1, 0.15) is 71.1 Å². The monoisotopic (exact) mass is 404 g/mol. The maximum Gasteiger partial charge on any atom is 0.314 e. The van der Waals surface area contributed by atoms with E-state index in [1.165, 1.54) is 44.9 Å². The first kappa shape index (κ1) is 25.2. The largest absolute Gasteiger partial charge is 0.352 e. The number of carbonyl (C=O) groups is 3. The van der Waals surface area contributed by atoms with Crippen LogP contribution in [0.5, 0.6) is 0 Å². The summed E-state index contributed by atoms with van der Waals surface area (Å²) in [5.74, 6) is 0. The van der Waals surface area contributed by atoms with Crippen molar-refractivity contribution < 1.29 is 14.4 Å². The lowest BCUT2D eigenvalue weighted by molar-refractivity contribution is 0.225. The number of carbonyl (C=O) groups excluding carboxylic acids is 3. The molecule has 1 atom stereocenters. The van der Waals surface area contributed by atoms with Crippen LogP contribution >= 0.6 is 8.58 Å². The van der Waals surface area contributed by atoms with E-state index in [1.807, 2.05) is 0 Å². The Labute approximate surface area is 164 Å². The summed E-state index contributed by atoms with van der Waals surface area (Å²) in [6.07, 6.45) is 13.0. The fraction of sp³-hybridized carbons (Fsp3) is 0.824. The number of nitrogens with two attached hydrogens (primary N) is 3. The van der Waals surface area contributed by atoms with Crippen LogP contribution in [0.25, 0.3) is 0 Å². The Morgan fingerprint density at radius 1 is 0.741 bits per heavy atom. The second-order valence-corrected chi connectivity index (χ2v) is 8.42. The fourth-order valence-corrected chi connectivity index (χ4v) is 4.32. The molecule has 0 spiro atoms. The highest BCUT2D eigenvalue weighted by Gasteiger charge is 2.32. The molecule has 0 aliphatic rings. The van der Waals surface area contributed by atoms with Crippen molar-refractivity contribution in [2.75, 3.05) is 12.7 Å². The lowest BCUT2D eigenvalue weighted by atomic mass is 10.1. The lowest BCUT2D eigenvalue weighted by Crippen LogP contribution is -2.65. The second kappa shape index (κ2) is 15.3. The van der Waals surface area contributed by atoms with Gasteiger partial charge in [0.2, 0.25) is 0 Å². The van der Waals surface area contributed by atoms with E-state index in [-0.39, 0.29) is 15.1 Å². The van der Waals surface area contributed by atoms with Crippen LogP contribution in [-0.2, 0) is 0 Å². The summed E-state index contributed by atoms with van der Waals surface area (Å²) in [6.45, 7) is 2.14. The number of hydrogen-bond donors (Lipinski definition) is 6. The highest BCUT2D eigenvalue weighted by molar-refractivity contribution is 7.40. The van der Waals surface area contributed by atoms with Crippen LogP contribution in [0.3, 0.4) is 0 Å². The van der Waals surface area contributed by atoms with E-state index >= 15 is 0 Å². The van der Waals surface area contributed by atoms with Gasteiger partial charge in [-0.1, -0.05) is 73.3 Å². The highest BCUT2D eigenvalue weighted by Crippen LogP contribution is 2.28. The number of amides is 6. The first-order valence-corrected chi connectivity index (χ1v) is 11.0. The number of unbranched alkanes of at least 4 members (excludes halogenated alkanes) is 9. The third kappa shape index (κ3) is 15.0. The summed E-state index contributed by atoms with van der Waals surface area (Å²) in [5.41, 5.74) is 15.5. The van der Waals surface area contributed by atoms with Crippen molar-refractivity contribution in [3.63, 3.8) is 0 Å². The number of nitrogens with one attached hydrogen (secondary N) is 3. The van der Waals surface area contributed by atoms with Crippen LogP contribution in [0.15, 0.2) is 0 Å². The van der Waals surface area contributed by atoms with Crippen molar-refractivity contribution in [1.29, 1.82) is 0 Å². The molecule has 0 fully saturated rings. The number of primary amides is 3. The second-order valence-electron chi connectivity index (χ2n) is 6.71. The summed E-state index contributed by atoms with van der Waals surface area (Å²) >= 11 is 0. The molecule has 0 heterocycles. The molecular weight excluding hydrogens is 367 g/mol. The van der Waals surface area contributed by atoms with Gasteiger partial charge in [-0.25, -0.2) is 14.4 Å². The number of hydrogen-bond acceptors (Lipinski definition) is 3. The topological polar surface area (TPSA) is 165 Å². The van der Waals surface area contributed by atoms with Gasteiger partial charge in [0.15, 0.2) is 0 Å². The van der Waals surface area contributed by atoms with Crippen molar-refractivity contribution in [2.45, 2.75) is 76.5 Å². The molecule has 0 radical (unpaired) electrons. The molecule has 9 N–H and O–H groups in total. The molecule has 0 aliphatic carbocycles. The lowest BCUT2D eigenvalue weighted by Gasteiger charge is -2.34. The van der Waals surface area contributed by atoms with Crippen LogP contribution in [-0.4, -0.2) is 36.2 Å². The van der Waals surface area contributed by atoms with Gasteiger partial charge in [-0.3, -0.25) is 0 Å². The van der Waals surface area contributed by atoms with Crippen LogP contribution in [0, 0.1) is 0 Å². The van der Waals surface area contributed by atoms with E-state index in [4.69, 9.17) is 17.2 Å². The van der Waals surface area contributed by atoms with E-state index in [0.717, 1.165) is 25.4 Å². The fourth-order valence-electron chi connectivity index (χ4n) is 2.83. The summed E-state index contributed by atoms with van der Waals surface area (Å²) in [6, 6.07) is -2.39. The van der Waals surface area contributed by atoms with Gasteiger partial charge in [-0.05, 0) is 12.6 Å². The Morgan fingerprint density at radius 3 is 1.59 bits per heavy atom. The van der Waals surface area contributed by atoms with Crippen LogP contribution in [0.2, 0.25) is 0 Å². The molecule has 0 saturated heterocycles. The summed E-state index contributed by atoms with van der Waals surface area (Å²) < 4.78 is 0. The Hall–Kier alpha value is -1.76. The first-order chi connectivity index (χ1) is 12.8. The molecule has 6 amide bonds.